The van der Waals surface area contributed by atoms with Gasteiger partial charge in [-0.3, -0.25) is 0 Å². The van der Waals surface area contributed by atoms with E-state index in [0.29, 0.717) is 12.2 Å². The summed E-state index contributed by atoms with van der Waals surface area (Å²) in [5.41, 5.74) is 0. The quantitative estimate of drug-likeness (QED) is 0.604. The van der Waals surface area contributed by atoms with Crippen LogP contribution < -0.4 is 0 Å². The van der Waals surface area contributed by atoms with Crippen molar-refractivity contribution >= 4 is 33.6 Å². The summed E-state index contributed by atoms with van der Waals surface area (Å²) in [6.45, 7) is 0. The van der Waals surface area contributed by atoms with Crippen LogP contribution in [0.5, 0.6) is 0 Å². The number of rotatable bonds is 5. The van der Waals surface area contributed by atoms with Crippen molar-refractivity contribution in [2.75, 3.05) is 12.0 Å². The van der Waals surface area contributed by atoms with Gasteiger partial charge in [-0.15, -0.1) is 0 Å². The second-order valence-electron chi connectivity index (χ2n) is 2.39. The summed E-state index contributed by atoms with van der Waals surface area (Å²) in [6, 6.07) is -0.930. The van der Waals surface area contributed by atoms with Crippen molar-refractivity contribution in [3.8, 4) is 11.5 Å². The summed E-state index contributed by atoms with van der Waals surface area (Å²) >= 11 is 1.49. The molecular weight excluding hydrogens is 256 g/mol. The van der Waals surface area contributed by atoms with E-state index in [1.165, 1.54) is 11.8 Å². The molecule has 0 unspecified atom stereocenters. The second-order valence-corrected chi connectivity index (χ2v) is 4.14. The van der Waals surface area contributed by atoms with Crippen LogP contribution in [0.2, 0.25) is 0 Å². The van der Waals surface area contributed by atoms with E-state index in [0.717, 1.165) is 4.90 Å². The summed E-state index contributed by atoms with van der Waals surface area (Å²) in [6.07, 6.45) is 2.18. The molecule has 0 aliphatic carbocycles. The Kier molecular flexibility index (Phi) is 8.94. The predicted molar refractivity (Wildman–Crippen MR) is 59.3 cm³/mol. The van der Waals surface area contributed by atoms with E-state index in [1.807, 2.05) is 6.26 Å². The first-order valence-corrected chi connectivity index (χ1v) is 6.86. The normalized spacial score (nSPS) is 11.3. The van der Waals surface area contributed by atoms with E-state index < -0.39 is 27.8 Å². The fourth-order valence-electron chi connectivity index (χ4n) is 0.842. The van der Waals surface area contributed by atoms with E-state index in [-0.39, 0.29) is 0 Å². The molecular formula is C7H9NO4P2S. The van der Waals surface area contributed by atoms with Crippen molar-refractivity contribution in [2.45, 2.75) is 12.5 Å². The summed E-state index contributed by atoms with van der Waals surface area (Å²) < 4.78 is 20.6. The van der Waals surface area contributed by atoms with E-state index in [2.05, 4.69) is 11.5 Å². The molecule has 0 amide bonds. The minimum absolute atomic E-state index is 0.335. The number of carbonyl (C=O) groups is 1. The first-order chi connectivity index (χ1) is 7.17. The van der Waals surface area contributed by atoms with Crippen LogP contribution in [0.1, 0.15) is 6.42 Å². The standard InChI is InChI=1S/C7H9NO4P2S/c1-15-3-2-6(7(9)10)8(4-13-11)5-14-12/h6H,2-3H2,1H3,(H,9,10)/t6-/m0/s1. The zero-order valence-electron chi connectivity index (χ0n) is 7.91. The number of hydrogen-bond donors (Lipinski definition) is 1. The molecule has 0 aliphatic rings. The molecule has 0 spiro atoms. The third kappa shape index (κ3) is 6.06. The van der Waals surface area contributed by atoms with Crippen LogP contribution in [-0.2, 0) is 13.9 Å². The average molecular weight is 265 g/mol. The first-order valence-electron chi connectivity index (χ1n) is 3.84. The molecule has 5 nitrogen and oxygen atoms in total. The molecule has 1 atom stereocenters. The number of carboxylic acids is 1. The van der Waals surface area contributed by atoms with Crippen molar-refractivity contribution in [3.63, 3.8) is 0 Å². The summed E-state index contributed by atoms with van der Waals surface area (Å²) in [5, 5.41) is 8.88. The van der Waals surface area contributed by atoms with Gasteiger partial charge in [0.2, 0.25) is 0 Å². The Balaban J connectivity index is 4.85. The Morgan fingerprint density at radius 2 is 2.00 bits per heavy atom. The number of thioether (sulfide) groups is 1. The third-order valence-electron chi connectivity index (χ3n) is 1.49. The number of aliphatic carboxylic acids is 1. The zero-order chi connectivity index (χ0) is 11.7. The Hall–Kier alpha value is -0.200. The molecule has 82 valence electrons. The van der Waals surface area contributed by atoms with Crippen molar-refractivity contribution in [3.05, 3.63) is 0 Å². The van der Waals surface area contributed by atoms with Crippen LogP contribution in [-0.4, -0.2) is 34.0 Å². The molecule has 0 saturated heterocycles. The van der Waals surface area contributed by atoms with Gasteiger partial charge in [0.1, 0.15) is 0 Å². The summed E-state index contributed by atoms with van der Waals surface area (Å²) in [7, 11) is -0.933. The number of carboxylic acid groups (broad SMARTS) is 1. The van der Waals surface area contributed by atoms with Gasteiger partial charge in [0, 0.05) is 0 Å². The fraction of sp³-hybridized carbons (Fsp3) is 0.571. The van der Waals surface area contributed by atoms with E-state index >= 15 is 0 Å². The van der Waals surface area contributed by atoms with Gasteiger partial charge in [-0.25, -0.2) is 0 Å². The Labute approximate surface area is 93.8 Å². The van der Waals surface area contributed by atoms with Gasteiger partial charge >= 0.3 is 93.5 Å². The Morgan fingerprint density at radius 1 is 1.47 bits per heavy atom. The number of hydrogen-bond acceptors (Lipinski definition) is 5. The van der Waals surface area contributed by atoms with Crippen molar-refractivity contribution < 1.29 is 19.0 Å². The monoisotopic (exact) mass is 265 g/mol. The fourth-order valence-corrected chi connectivity index (χ4v) is 1.93. The zero-order valence-corrected chi connectivity index (χ0v) is 10.5. The molecule has 0 fully saturated rings. The second kappa shape index (κ2) is 9.06. The number of nitrogens with zero attached hydrogens (tertiary/aromatic N) is 1. The van der Waals surface area contributed by atoms with E-state index in [9.17, 15) is 13.9 Å². The summed E-state index contributed by atoms with van der Waals surface area (Å²) in [5.74, 6) is 3.97. The molecule has 8 heteroatoms. The van der Waals surface area contributed by atoms with Gasteiger partial charge in [-0.2, -0.15) is 0 Å². The van der Waals surface area contributed by atoms with Gasteiger partial charge in [-0.1, -0.05) is 0 Å². The molecule has 1 N–H and O–H groups in total. The molecule has 0 rings (SSSR count). The SMILES string of the molecule is CSCC[C@@H](C(=O)O)N(C#P=O)C#P=O. The molecule has 0 aromatic rings. The Morgan fingerprint density at radius 3 is 2.33 bits per heavy atom. The minimum atomic E-state index is -1.09. The molecule has 0 aliphatic heterocycles. The van der Waals surface area contributed by atoms with Gasteiger partial charge in [0.05, 0.1) is 0 Å². The van der Waals surface area contributed by atoms with Gasteiger partial charge in [0.15, 0.2) is 0 Å². The van der Waals surface area contributed by atoms with Crippen LogP contribution in [0.4, 0.5) is 0 Å². The van der Waals surface area contributed by atoms with Crippen LogP contribution in [0.15, 0.2) is 0 Å². The van der Waals surface area contributed by atoms with Crippen molar-refractivity contribution in [1.29, 1.82) is 0 Å². The molecule has 0 radical (unpaired) electrons. The van der Waals surface area contributed by atoms with Gasteiger partial charge < -0.3 is 0 Å². The third-order valence-corrected chi connectivity index (χ3v) is 2.73. The van der Waals surface area contributed by atoms with E-state index in [4.69, 9.17) is 5.11 Å². The van der Waals surface area contributed by atoms with Crippen molar-refractivity contribution in [2.24, 2.45) is 0 Å². The molecule has 0 bridgehead atoms. The van der Waals surface area contributed by atoms with Crippen LogP contribution >= 0.6 is 27.6 Å². The first kappa shape index (κ1) is 14.8. The van der Waals surface area contributed by atoms with Crippen LogP contribution in [0.3, 0.4) is 0 Å². The van der Waals surface area contributed by atoms with E-state index in [1.54, 1.807) is 0 Å². The maximum atomic E-state index is 10.9. The summed E-state index contributed by atoms with van der Waals surface area (Å²) in [4.78, 5) is 11.8. The van der Waals surface area contributed by atoms with Crippen LogP contribution in [0, 0.1) is 11.5 Å². The predicted octanol–water partition coefficient (Wildman–Crippen LogP) is 1.91. The van der Waals surface area contributed by atoms with Crippen molar-refractivity contribution in [1.82, 2.24) is 4.90 Å². The Bertz CT molecular complexity index is 386. The molecule has 0 aromatic carbocycles. The topological polar surface area (TPSA) is 74.7 Å². The molecule has 0 heterocycles. The van der Waals surface area contributed by atoms with Gasteiger partial charge in [-0.05, 0) is 0 Å². The van der Waals surface area contributed by atoms with Gasteiger partial charge in [0.25, 0.3) is 0 Å². The molecule has 15 heavy (non-hydrogen) atoms. The molecule has 0 aromatic heterocycles. The molecule has 0 saturated carbocycles. The maximum absolute atomic E-state index is 10.9. The average Bonchev–Trinajstić information content (AvgIpc) is 2.18. The van der Waals surface area contributed by atoms with Crippen LogP contribution in [0.25, 0.3) is 0 Å².